The lowest BCUT2D eigenvalue weighted by molar-refractivity contribution is 0.242. The molecule has 114 valence electrons. The molecular weight excluding hydrogens is 274 g/mol. The Morgan fingerprint density at radius 2 is 1.75 bits per heavy atom. The van der Waals surface area contributed by atoms with E-state index in [2.05, 4.69) is 6.92 Å². The van der Waals surface area contributed by atoms with Crippen LogP contribution in [-0.4, -0.2) is 13.6 Å². The number of hydrogen-bond donors (Lipinski definition) is 2. The van der Waals surface area contributed by atoms with Gasteiger partial charge in [-0.25, -0.2) is 8.42 Å². The summed E-state index contributed by atoms with van der Waals surface area (Å²) in [4.78, 5) is 1.48. The number of hydrogen-bond acceptors (Lipinski definition) is 3. The van der Waals surface area contributed by atoms with E-state index >= 15 is 0 Å². The van der Waals surface area contributed by atoms with Gasteiger partial charge < -0.3 is 5.21 Å². The van der Waals surface area contributed by atoms with Gasteiger partial charge in [-0.15, -0.1) is 0 Å². The maximum absolute atomic E-state index is 11.6. The quantitative estimate of drug-likeness (QED) is 0.541. The molecule has 1 rings (SSSR count). The van der Waals surface area contributed by atoms with Gasteiger partial charge in [0.05, 0.1) is 4.90 Å². The van der Waals surface area contributed by atoms with Crippen molar-refractivity contribution in [3.05, 3.63) is 29.3 Å². The Kier molecular flexibility index (Phi) is 7.19. The normalized spacial score (nSPS) is 11.8. The fourth-order valence-corrected chi connectivity index (χ4v) is 2.88. The number of rotatable bonds is 9. The third-order valence-corrected chi connectivity index (χ3v) is 4.67. The molecule has 2 N–H and O–H groups in total. The molecule has 4 nitrogen and oxygen atoms in total. The van der Waals surface area contributed by atoms with Crippen LogP contribution in [0.25, 0.3) is 0 Å². The van der Waals surface area contributed by atoms with Crippen molar-refractivity contribution in [1.82, 2.24) is 4.89 Å². The molecule has 0 bridgehead atoms. The van der Waals surface area contributed by atoms with Crippen molar-refractivity contribution in [2.45, 2.75) is 63.7 Å². The summed E-state index contributed by atoms with van der Waals surface area (Å²) in [6, 6.07) is 4.95. The van der Waals surface area contributed by atoms with Crippen molar-refractivity contribution in [2.75, 3.05) is 0 Å². The highest BCUT2D eigenvalue weighted by atomic mass is 32.2. The number of nitrogens with one attached hydrogen (secondary N) is 1. The van der Waals surface area contributed by atoms with Crippen LogP contribution in [0.15, 0.2) is 23.1 Å². The minimum Gasteiger partial charge on any atom is -0.302 e. The van der Waals surface area contributed by atoms with E-state index in [1.54, 1.807) is 12.1 Å². The Morgan fingerprint density at radius 1 is 1.10 bits per heavy atom. The molecule has 0 aliphatic carbocycles. The molecule has 20 heavy (non-hydrogen) atoms. The SMILES string of the molecule is CCCCCCCCc1cc(S(=O)(=O)NO)ccc1C. The van der Waals surface area contributed by atoms with Crippen molar-refractivity contribution in [2.24, 2.45) is 0 Å². The van der Waals surface area contributed by atoms with Gasteiger partial charge in [0.15, 0.2) is 0 Å². The van der Waals surface area contributed by atoms with Crippen LogP contribution in [0.3, 0.4) is 0 Å². The zero-order valence-electron chi connectivity index (χ0n) is 12.4. The predicted octanol–water partition coefficient (Wildman–Crippen LogP) is 3.57. The van der Waals surface area contributed by atoms with E-state index in [-0.39, 0.29) is 4.90 Å². The minimum atomic E-state index is -3.77. The van der Waals surface area contributed by atoms with Gasteiger partial charge >= 0.3 is 0 Å². The van der Waals surface area contributed by atoms with Crippen LogP contribution in [0.2, 0.25) is 0 Å². The van der Waals surface area contributed by atoms with Crippen LogP contribution >= 0.6 is 0 Å². The molecule has 0 atom stereocenters. The van der Waals surface area contributed by atoms with E-state index in [1.165, 1.54) is 43.1 Å². The van der Waals surface area contributed by atoms with Crippen molar-refractivity contribution in [3.8, 4) is 0 Å². The molecule has 0 unspecified atom stereocenters. The van der Waals surface area contributed by atoms with Crippen LogP contribution in [-0.2, 0) is 16.4 Å². The summed E-state index contributed by atoms with van der Waals surface area (Å²) in [5.74, 6) is 0. The summed E-state index contributed by atoms with van der Waals surface area (Å²) in [5.41, 5.74) is 2.13. The summed E-state index contributed by atoms with van der Waals surface area (Å²) in [6.07, 6.45) is 8.17. The number of unbranched alkanes of at least 4 members (excludes halogenated alkanes) is 5. The van der Waals surface area contributed by atoms with Crippen LogP contribution in [0.5, 0.6) is 0 Å². The van der Waals surface area contributed by atoms with E-state index < -0.39 is 10.0 Å². The monoisotopic (exact) mass is 299 g/mol. The Labute approximate surface area is 122 Å². The van der Waals surface area contributed by atoms with Crippen molar-refractivity contribution < 1.29 is 13.6 Å². The predicted molar refractivity (Wildman–Crippen MR) is 80.4 cm³/mol. The van der Waals surface area contributed by atoms with E-state index in [4.69, 9.17) is 5.21 Å². The van der Waals surface area contributed by atoms with Crippen LogP contribution < -0.4 is 4.89 Å². The second-order valence-corrected chi connectivity index (χ2v) is 6.86. The zero-order valence-corrected chi connectivity index (χ0v) is 13.2. The molecule has 5 heteroatoms. The largest absolute Gasteiger partial charge is 0.302 e. The third kappa shape index (κ3) is 5.23. The zero-order chi connectivity index (χ0) is 15.0. The topological polar surface area (TPSA) is 66.4 Å². The van der Waals surface area contributed by atoms with E-state index in [9.17, 15) is 8.42 Å². The minimum absolute atomic E-state index is 0.117. The Morgan fingerprint density at radius 3 is 2.40 bits per heavy atom. The van der Waals surface area contributed by atoms with Gasteiger partial charge in [0.1, 0.15) is 0 Å². The molecule has 1 aromatic carbocycles. The fourth-order valence-electron chi connectivity index (χ4n) is 2.23. The van der Waals surface area contributed by atoms with Gasteiger partial charge in [-0.1, -0.05) is 50.0 Å². The Hall–Kier alpha value is -0.910. The molecule has 1 aromatic rings. The van der Waals surface area contributed by atoms with E-state index in [0.29, 0.717) is 0 Å². The third-order valence-electron chi connectivity index (χ3n) is 3.55. The maximum atomic E-state index is 11.6. The molecule has 0 fully saturated rings. The molecule has 0 radical (unpaired) electrons. The average molecular weight is 299 g/mol. The summed E-state index contributed by atoms with van der Waals surface area (Å²) in [7, 11) is -3.77. The van der Waals surface area contributed by atoms with Gasteiger partial charge in [-0.3, -0.25) is 0 Å². The molecule has 0 saturated carbocycles. The molecule has 0 aliphatic heterocycles. The van der Waals surface area contributed by atoms with Crippen LogP contribution in [0, 0.1) is 6.92 Å². The molecule has 0 aliphatic rings. The first-order chi connectivity index (χ1) is 9.51. The van der Waals surface area contributed by atoms with E-state index in [0.717, 1.165) is 24.0 Å². The highest BCUT2D eigenvalue weighted by Crippen LogP contribution is 2.18. The molecule has 0 saturated heterocycles. The molecule has 0 aromatic heterocycles. The molecule has 0 amide bonds. The van der Waals surface area contributed by atoms with Crippen molar-refractivity contribution >= 4 is 10.0 Å². The van der Waals surface area contributed by atoms with E-state index in [1.807, 2.05) is 6.92 Å². The number of benzene rings is 1. The van der Waals surface area contributed by atoms with Crippen molar-refractivity contribution in [1.29, 1.82) is 0 Å². The standard InChI is InChI=1S/C15H25NO3S/c1-3-4-5-6-7-8-9-14-12-15(11-10-13(14)2)20(18,19)16-17/h10-12,16-17H,3-9H2,1-2H3. The first kappa shape index (κ1) is 17.1. The fraction of sp³-hybridized carbons (Fsp3) is 0.600. The van der Waals surface area contributed by atoms with Gasteiger partial charge in [0.2, 0.25) is 0 Å². The maximum Gasteiger partial charge on any atom is 0.262 e. The lowest BCUT2D eigenvalue weighted by Gasteiger charge is -2.09. The van der Waals surface area contributed by atoms with Crippen LogP contribution in [0.1, 0.15) is 56.6 Å². The molecule has 0 spiro atoms. The molecular formula is C15H25NO3S. The second kappa shape index (κ2) is 8.39. The van der Waals surface area contributed by atoms with Gasteiger partial charge in [-0.05, 0) is 43.0 Å². The average Bonchev–Trinajstić information content (AvgIpc) is 2.44. The summed E-state index contributed by atoms with van der Waals surface area (Å²) >= 11 is 0. The van der Waals surface area contributed by atoms with Gasteiger partial charge in [0.25, 0.3) is 10.0 Å². The summed E-state index contributed by atoms with van der Waals surface area (Å²) in [5, 5.41) is 8.67. The highest BCUT2D eigenvalue weighted by molar-refractivity contribution is 7.89. The Balaban J connectivity index is 2.59. The smallest absolute Gasteiger partial charge is 0.262 e. The Bertz CT molecular complexity index is 512. The first-order valence-electron chi connectivity index (χ1n) is 7.26. The number of aryl methyl sites for hydroxylation is 2. The van der Waals surface area contributed by atoms with Crippen molar-refractivity contribution in [3.63, 3.8) is 0 Å². The molecule has 0 heterocycles. The highest BCUT2D eigenvalue weighted by Gasteiger charge is 2.13. The number of sulfonamides is 1. The lowest BCUT2D eigenvalue weighted by atomic mass is 10.0. The lowest BCUT2D eigenvalue weighted by Crippen LogP contribution is -2.19. The van der Waals surface area contributed by atoms with Crippen LogP contribution in [0.4, 0.5) is 0 Å². The summed E-state index contributed by atoms with van der Waals surface area (Å²) in [6.45, 7) is 4.18. The summed E-state index contributed by atoms with van der Waals surface area (Å²) < 4.78 is 23.1. The van der Waals surface area contributed by atoms with Gasteiger partial charge in [0, 0.05) is 0 Å². The second-order valence-electron chi connectivity index (χ2n) is 5.20. The first-order valence-corrected chi connectivity index (χ1v) is 8.75. The van der Waals surface area contributed by atoms with Gasteiger partial charge in [-0.2, -0.15) is 0 Å².